The number of nitrogens with zero attached hydrogens (tertiary/aromatic N) is 1. The van der Waals surface area contributed by atoms with Gasteiger partial charge in [-0.05, 0) is 43.4 Å². The second-order valence-corrected chi connectivity index (χ2v) is 8.17. The highest BCUT2D eigenvalue weighted by atomic mass is 32.2. The maximum Gasteiger partial charge on any atom is 0.416 e. The van der Waals surface area contributed by atoms with Gasteiger partial charge >= 0.3 is 6.18 Å². The van der Waals surface area contributed by atoms with Crippen molar-refractivity contribution < 1.29 is 22.8 Å². The number of hydrogen-bond acceptors (Lipinski definition) is 3. The normalized spacial score (nSPS) is 23.8. The van der Waals surface area contributed by atoms with Gasteiger partial charge in [-0.25, -0.2) is 0 Å². The number of carbonyl (C=O) groups excluding carboxylic acids is 2. The molecule has 1 N–H and O–H groups in total. The van der Waals surface area contributed by atoms with E-state index < -0.39 is 22.9 Å². The summed E-state index contributed by atoms with van der Waals surface area (Å²) < 4.78 is 38.4. The smallest absolute Gasteiger partial charge is 0.343 e. The lowest BCUT2D eigenvalue weighted by Gasteiger charge is -2.27. The number of thioether (sulfide) groups is 1. The van der Waals surface area contributed by atoms with Crippen molar-refractivity contribution in [1.82, 2.24) is 4.90 Å². The van der Waals surface area contributed by atoms with Crippen molar-refractivity contribution in [3.63, 3.8) is 0 Å². The van der Waals surface area contributed by atoms with E-state index in [2.05, 4.69) is 12.2 Å². The lowest BCUT2D eigenvalue weighted by atomic mass is 10.0. The molecule has 4 nitrogen and oxygen atoms in total. The third-order valence-corrected chi connectivity index (χ3v) is 6.13. The molecule has 2 amide bonds. The highest BCUT2D eigenvalue weighted by molar-refractivity contribution is 8.01. The van der Waals surface area contributed by atoms with Gasteiger partial charge < -0.3 is 10.2 Å². The van der Waals surface area contributed by atoms with Gasteiger partial charge in [0, 0.05) is 24.4 Å². The molecule has 1 aromatic rings. The van der Waals surface area contributed by atoms with Gasteiger partial charge in [0.1, 0.15) is 0 Å². The largest absolute Gasteiger partial charge is 0.416 e. The summed E-state index contributed by atoms with van der Waals surface area (Å²) in [6.07, 6.45) is -1.39. The van der Waals surface area contributed by atoms with Crippen LogP contribution in [0.1, 0.15) is 38.2 Å². The van der Waals surface area contributed by atoms with E-state index in [9.17, 15) is 22.8 Å². The summed E-state index contributed by atoms with van der Waals surface area (Å²) in [5.41, 5.74) is -0.646. The van der Waals surface area contributed by atoms with Crippen LogP contribution in [0.25, 0.3) is 0 Å². The molecule has 2 aliphatic heterocycles. The highest BCUT2D eigenvalue weighted by Gasteiger charge is 2.35. The van der Waals surface area contributed by atoms with E-state index in [1.54, 1.807) is 4.90 Å². The first kappa shape index (κ1) is 19.1. The van der Waals surface area contributed by atoms with Gasteiger partial charge in [-0.3, -0.25) is 9.59 Å². The van der Waals surface area contributed by atoms with Crippen LogP contribution in [-0.2, 0) is 15.8 Å². The van der Waals surface area contributed by atoms with E-state index in [1.807, 2.05) is 0 Å². The number of hydrogen-bond donors (Lipinski definition) is 1. The van der Waals surface area contributed by atoms with E-state index >= 15 is 0 Å². The summed E-state index contributed by atoms with van der Waals surface area (Å²) in [7, 11) is 0. The Balaban J connectivity index is 1.67. The lowest BCUT2D eigenvalue weighted by Crippen LogP contribution is -2.38. The van der Waals surface area contributed by atoms with Crippen LogP contribution in [0.5, 0.6) is 0 Å². The van der Waals surface area contributed by atoms with Crippen molar-refractivity contribution in [2.24, 2.45) is 5.92 Å². The standard InChI is InChI=1S/C18H21F3N2O2S/c1-11-3-2-7-23(8-6-11)16(24)10-15-17(25)22-13-9-12(18(19,20)21)4-5-14(13)26-15/h4-5,9,11,15H,2-3,6-8,10H2,1H3,(H,22,25)/t11-,15+/m1/s1. The zero-order chi connectivity index (χ0) is 18.9. The second kappa shape index (κ2) is 7.50. The van der Waals surface area contributed by atoms with E-state index in [-0.39, 0.29) is 18.0 Å². The van der Waals surface area contributed by atoms with Gasteiger partial charge in [-0.2, -0.15) is 13.2 Å². The van der Waals surface area contributed by atoms with E-state index in [0.717, 1.165) is 43.2 Å². The number of carbonyl (C=O) groups is 2. The fraction of sp³-hybridized carbons (Fsp3) is 0.556. The van der Waals surface area contributed by atoms with E-state index in [4.69, 9.17) is 0 Å². The fourth-order valence-electron chi connectivity index (χ4n) is 3.26. The number of rotatable bonds is 2. The number of halogens is 3. The first-order valence-corrected chi connectivity index (χ1v) is 9.58. The van der Waals surface area contributed by atoms with Gasteiger partial charge in [-0.15, -0.1) is 11.8 Å². The number of nitrogens with one attached hydrogen (secondary N) is 1. The summed E-state index contributed by atoms with van der Waals surface area (Å²) in [6, 6.07) is 3.29. The summed E-state index contributed by atoms with van der Waals surface area (Å²) in [5.74, 6) is 0.107. The van der Waals surface area contributed by atoms with Crippen molar-refractivity contribution in [1.29, 1.82) is 0 Å². The first-order chi connectivity index (χ1) is 12.2. The molecular weight excluding hydrogens is 365 g/mol. The number of likely N-dealkylation sites (tertiary alicyclic amines) is 1. The van der Waals surface area contributed by atoms with Crippen molar-refractivity contribution >= 4 is 29.3 Å². The van der Waals surface area contributed by atoms with Gasteiger partial charge in [0.05, 0.1) is 16.5 Å². The average molecular weight is 386 g/mol. The van der Waals surface area contributed by atoms with Crippen LogP contribution in [0, 0.1) is 5.92 Å². The van der Waals surface area contributed by atoms with Crippen molar-refractivity contribution in [2.75, 3.05) is 18.4 Å². The zero-order valence-corrected chi connectivity index (χ0v) is 15.3. The van der Waals surface area contributed by atoms with E-state index in [1.165, 1.54) is 6.07 Å². The summed E-state index contributed by atoms with van der Waals surface area (Å²) in [6.45, 7) is 3.57. The minimum absolute atomic E-state index is 0.0609. The zero-order valence-electron chi connectivity index (χ0n) is 14.4. The molecule has 26 heavy (non-hydrogen) atoms. The third-order valence-electron chi connectivity index (χ3n) is 4.86. The molecule has 0 radical (unpaired) electrons. The summed E-state index contributed by atoms with van der Waals surface area (Å²) >= 11 is 1.16. The molecule has 0 aromatic heterocycles. The number of benzene rings is 1. The lowest BCUT2D eigenvalue weighted by molar-refractivity contribution is -0.137. The summed E-state index contributed by atoms with van der Waals surface area (Å²) in [5, 5.41) is 1.90. The molecule has 3 rings (SSSR count). The van der Waals surface area contributed by atoms with Crippen LogP contribution in [-0.4, -0.2) is 35.1 Å². The number of fused-ring (bicyclic) bond motifs is 1. The molecule has 2 aliphatic rings. The molecule has 0 unspecified atom stereocenters. The van der Waals surface area contributed by atoms with Gasteiger partial charge in [0.2, 0.25) is 11.8 Å². The molecular formula is C18H21F3N2O2S. The molecule has 2 heterocycles. The maximum absolute atomic E-state index is 12.8. The molecule has 0 bridgehead atoms. The number of anilines is 1. The van der Waals surface area contributed by atoms with Crippen LogP contribution in [0.2, 0.25) is 0 Å². The van der Waals surface area contributed by atoms with Crippen molar-refractivity contribution in [3.05, 3.63) is 23.8 Å². The van der Waals surface area contributed by atoms with Crippen LogP contribution in [0.15, 0.2) is 23.1 Å². The Labute approximate surface area is 154 Å². The quantitative estimate of drug-likeness (QED) is 0.831. The molecule has 0 aliphatic carbocycles. The molecule has 1 saturated heterocycles. The fourth-order valence-corrected chi connectivity index (χ4v) is 4.34. The van der Waals surface area contributed by atoms with Gasteiger partial charge in [0.15, 0.2) is 0 Å². The molecule has 0 spiro atoms. The molecule has 142 valence electrons. The Morgan fingerprint density at radius 1 is 1.31 bits per heavy atom. The predicted molar refractivity (Wildman–Crippen MR) is 93.9 cm³/mol. The SMILES string of the molecule is C[C@@H]1CCCN(C(=O)C[C@@H]2Sc3ccc(C(F)(F)F)cc3NC2=O)CC1. The number of alkyl halides is 3. The molecule has 0 saturated carbocycles. The minimum atomic E-state index is -4.46. The van der Waals surface area contributed by atoms with Crippen LogP contribution < -0.4 is 5.32 Å². The Morgan fingerprint density at radius 3 is 2.81 bits per heavy atom. The molecule has 2 atom stereocenters. The van der Waals surface area contributed by atoms with Gasteiger partial charge in [0.25, 0.3) is 0 Å². The molecule has 8 heteroatoms. The average Bonchev–Trinajstić information content (AvgIpc) is 2.79. The Morgan fingerprint density at radius 2 is 2.08 bits per heavy atom. The topological polar surface area (TPSA) is 49.4 Å². The Kier molecular flexibility index (Phi) is 5.50. The Hall–Kier alpha value is -1.70. The Bertz CT molecular complexity index is 708. The van der Waals surface area contributed by atoms with Crippen molar-refractivity contribution in [3.8, 4) is 0 Å². The monoisotopic (exact) mass is 386 g/mol. The van der Waals surface area contributed by atoms with Crippen LogP contribution in [0.4, 0.5) is 18.9 Å². The minimum Gasteiger partial charge on any atom is -0.343 e. The third kappa shape index (κ3) is 4.34. The van der Waals surface area contributed by atoms with Crippen LogP contribution in [0.3, 0.4) is 0 Å². The van der Waals surface area contributed by atoms with E-state index in [0.29, 0.717) is 23.9 Å². The summed E-state index contributed by atoms with van der Waals surface area (Å²) in [4.78, 5) is 27.2. The van der Waals surface area contributed by atoms with Crippen LogP contribution >= 0.6 is 11.8 Å². The second-order valence-electron chi connectivity index (χ2n) is 6.93. The van der Waals surface area contributed by atoms with Gasteiger partial charge in [-0.1, -0.05) is 6.92 Å². The van der Waals surface area contributed by atoms with Crippen molar-refractivity contribution in [2.45, 2.75) is 48.9 Å². The first-order valence-electron chi connectivity index (χ1n) is 8.70. The number of amides is 2. The maximum atomic E-state index is 12.8. The molecule has 1 aromatic carbocycles. The predicted octanol–water partition coefficient (Wildman–Crippen LogP) is 4.16. The highest BCUT2D eigenvalue weighted by Crippen LogP contribution is 2.40. The molecule has 1 fully saturated rings.